The van der Waals surface area contributed by atoms with Gasteiger partial charge in [-0.2, -0.15) is 0 Å². The third-order valence-electron chi connectivity index (χ3n) is 4.22. The molecule has 0 unspecified atom stereocenters. The zero-order valence-corrected chi connectivity index (χ0v) is 14.6. The first kappa shape index (κ1) is 17.6. The average molecular weight is 344 g/mol. The predicted octanol–water partition coefficient (Wildman–Crippen LogP) is 3.58. The largest absolute Gasteiger partial charge is 0.492 e. The molecule has 1 aromatic carbocycles. The summed E-state index contributed by atoms with van der Waals surface area (Å²) in [4.78, 5) is 0. The van der Waals surface area contributed by atoms with Crippen LogP contribution in [0.25, 0.3) is 6.08 Å². The fourth-order valence-corrected chi connectivity index (χ4v) is 2.47. The van der Waals surface area contributed by atoms with Crippen molar-refractivity contribution in [3.8, 4) is 0 Å². The van der Waals surface area contributed by atoms with Crippen molar-refractivity contribution < 1.29 is 14.4 Å². The number of aliphatic hydroxyl groups is 1. The molecule has 1 saturated heterocycles. The summed E-state index contributed by atoms with van der Waals surface area (Å²) in [6.07, 6.45) is 1.72. The number of nitrogens with two attached hydrogens (primary N) is 1. The summed E-state index contributed by atoms with van der Waals surface area (Å²) in [7, 11) is -0.637. The normalized spacial score (nSPS) is 20.5. The summed E-state index contributed by atoms with van der Waals surface area (Å²) in [6, 6.07) is 3.41. The van der Waals surface area contributed by atoms with Gasteiger partial charge in [0.25, 0.3) is 0 Å². The molecule has 3 N–H and O–H groups in total. The minimum absolute atomic E-state index is 0.213. The number of anilines is 1. The highest BCUT2D eigenvalue weighted by Gasteiger charge is 2.52. The summed E-state index contributed by atoms with van der Waals surface area (Å²) >= 11 is 12.2. The fourth-order valence-electron chi connectivity index (χ4n) is 2.07. The number of hydrogen-bond donors (Lipinski definition) is 2. The molecule has 0 bridgehead atoms. The van der Waals surface area contributed by atoms with E-state index in [9.17, 15) is 5.11 Å². The fraction of sp³-hybridized carbons (Fsp3) is 0.467. The van der Waals surface area contributed by atoms with Crippen LogP contribution in [0, 0.1) is 0 Å². The lowest BCUT2D eigenvalue weighted by Gasteiger charge is -2.32. The number of rotatable bonds is 3. The van der Waals surface area contributed by atoms with Crippen molar-refractivity contribution in [3.05, 3.63) is 33.2 Å². The van der Waals surface area contributed by atoms with E-state index in [0.29, 0.717) is 26.8 Å². The number of benzene rings is 1. The topological polar surface area (TPSA) is 64.7 Å². The molecule has 0 aromatic heterocycles. The molecule has 0 atom stereocenters. The highest BCUT2D eigenvalue weighted by atomic mass is 35.5. The van der Waals surface area contributed by atoms with Crippen LogP contribution in [0.2, 0.25) is 10.0 Å². The molecule has 120 valence electrons. The van der Waals surface area contributed by atoms with Gasteiger partial charge in [-0.15, -0.1) is 0 Å². The van der Waals surface area contributed by atoms with Crippen molar-refractivity contribution in [1.82, 2.24) is 0 Å². The molecule has 0 radical (unpaired) electrons. The Morgan fingerprint density at radius 3 is 2.23 bits per heavy atom. The van der Waals surface area contributed by atoms with Crippen molar-refractivity contribution >= 4 is 42.1 Å². The van der Waals surface area contributed by atoms with Crippen LogP contribution in [0.5, 0.6) is 0 Å². The van der Waals surface area contributed by atoms with Gasteiger partial charge >= 0.3 is 7.12 Å². The van der Waals surface area contributed by atoms with Crippen LogP contribution in [0.1, 0.15) is 33.3 Å². The van der Waals surface area contributed by atoms with Crippen LogP contribution in [0.4, 0.5) is 5.69 Å². The van der Waals surface area contributed by atoms with Crippen molar-refractivity contribution in [2.75, 3.05) is 12.3 Å². The third kappa shape index (κ3) is 3.14. The molecule has 0 aliphatic carbocycles. The first-order valence-electron chi connectivity index (χ1n) is 6.99. The molecule has 1 fully saturated rings. The molecule has 22 heavy (non-hydrogen) atoms. The Balaban J connectivity index is 2.36. The summed E-state index contributed by atoms with van der Waals surface area (Å²) in [5.74, 6) is 0. The van der Waals surface area contributed by atoms with Crippen LogP contribution >= 0.6 is 23.2 Å². The van der Waals surface area contributed by atoms with E-state index in [1.165, 1.54) is 0 Å². The Morgan fingerprint density at radius 1 is 1.18 bits per heavy atom. The van der Waals surface area contributed by atoms with E-state index < -0.39 is 18.3 Å². The van der Waals surface area contributed by atoms with Gasteiger partial charge < -0.3 is 20.1 Å². The first-order valence-corrected chi connectivity index (χ1v) is 7.75. The highest BCUT2D eigenvalue weighted by molar-refractivity contribution is 6.56. The van der Waals surface area contributed by atoms with E-state index in [2.05, 4.69) is 0 Å². The molecule has 1 aliphatic heterocycles. The van der Waals surface area contributed by atoms with Crippen molar-refractivity contribution in [3.63, 3.8) is 0 Å². The monoisotopic (exact) mass is 343 g/mol. The number of hydrogen-bond acceptors (Lipinski definition) is 4. The van der Waals surface area contributed by atoms with Crippen LogP contribution in [-0.4, -0.2) is 30.0 Å². The lowest BCUT2D eigenvalue weighted by Crippen LogP contribution is -2.41. The lowest BCUT2D eigenvalue weighted by atomic mass is 9.77. The van der Waals surface area contributed by atoms with E-state index >= 15 is 0 Å². The molecular formula is C15H20BCl2NO3. The minimum Gasteiger partial charge on any atom is -0.400 e. The summed E-state index contributed by atoms with van der Waals surface area (Å²) in [5, 5.41) is 10.3. The zero-order valence-electron chi connectivity index (χ0n) is 13.1. The Hall–Kier alpha value is -0.715. The summed E-state index contributed by atoms with van der Waals surface area (Å²) in [5.41, 5.74) is 6.39. The standard InChI is InChI=1S/C15H20BCl2NO3/c1-14(2)15(3,4)22-16(21-14)10(8-20)7-9-5-6-11(19)13(18)12(9)17/h5-7,20H,8,19H2,1-4H3. The quantitative estimate of drug-likeness (QED) is 0.650. The minimum atomic E-state index is -0.637. The molecule has 7 heteroatoms. The zero-order chi connectivity index (χ0) is 16.7. The van der Waals surface area contributed by atoms with Crippen LogP contribution in [0.15, 0.2) is 17.6 Å². The predicted molar refractivity (Wildman–Crippen MR) is 92.0 cm³/mol. The molecule has 0 amide bonds. The number of halogens is 2. The van der Waals surface area contributed by atoms with Crippen molar-refractivity contribution in [2.24, 2.45) is 0 Å². The maximum atomic E-state index is 9.67. The maximum Gasteiger partial charge on any atom is 0.492 e. The van der Waals surface area contributed by atoms with Gasteiger partial charge in [0.05, 0.1) is 33.5 Å². The van der Waals surface area contributed by atoms with E-state index in [4.69, 9.17) is 38.2 Å². The SMILES string of the molecule is CC1(C)OB(C(=Cc2ccc(N)c(Cl)c2Cl)CO)OC1(C)C. The van der Waals surface area contributed by atoms with Crippen LogP contribution < -0.4 is 5.73 Å². The van der Waals surface area contributed by atoms with Gasteiger partial charge in [-0.25, -0.2) is 0 Å². The molecule has 2 rings (SSSR count). The van der Waals surface area contributed by atoms with Crippen molar-refractivity contribution in [1.29, 1.82) is 0 Å². The molecule has 1 heterocycles. The molecule has 4 nitrogen and oxygen atoms in total. The van der Waals surface area contributed by atoms with Gasteiger partial charge in [-0.05, 0) is 44.8 Å². The van der Waals surface area contributed by atoms with Gasteiger partial charge in [-0.3, -0.25) is 0 Å². The average Bonchev–Trinajstić information content (AvgIpc) is 2.64. The second kappa shape index (κ2) is 6.06. The lowest BCUT2D eigenvalue weighted by molar-refractivity contribution is 0.00578. The highest BCUT2D eigenvalue weighted by Crippen LogP contribution is 2.39. The molecule has 1 aliphatic rings. The Kier molecular flexibility index (Phi) is 4.86. The van der Waals surface area contributed by atoms with Gasteiger partial charge in [0.2, 0.25) is 0 Å². The number of nitrogen functional groups attached to an aromatic ring is 1. The Morgan fingerprint density at radius 2 is 1.73 bits per heavy atom. The first-order chi connectivity index (χ1) is 10.1. The van der Waals surface area contributed by atoms with Gasteiger partial charge in [0.1, 0.15) is 0 Å². The second-order valence-electron chi connectivity index (χ2n) is 6.34. The van der Waals surface area contributed by atoms with E-state index in [-0.39, 0.29) is 6.61 Å². The molecular weight excluding hydrogens is 324 g/mol. The second-order valence-corrected chi connectivity index (χ2v) is 7.09. The molecule has 1 aromatic rings. The van der Waals surface area contributed by atoms with Crippen LogP contribution in [-0.2, 0) is 9.31 Å². The van der Waals surface area contributed by atoms with E-state index in [0.717, 1.165) is 0 Å². The van der Waals surface area contributed by atoms with Gasteiger partial charge in [0, 0.05) is 0 Å². The Bertz CT molecular complexity index is 601. The Labute approximate surface area is 141 Å². The van der Waals surface area contributed by atoms with Gasteiger partial charge in [-0.1, -0.05) is 35.3 Å². The van der Waals surface area contributed by atoms with Crippen LogP contribution in [0.3, 0.4) is 0 Å². The number of aliphatic hydroxyl groups excluding tert-OH is 1. The molecule has 0 saturated carbocycles. The maximum absolute atomic E-state index is 9.67. The van der Waals surface area contributed by atoms with Crippen molar-refractivity contribution in [2.45, 2.75) is 38.9 Å². The smallest absolute Gasteiger partial charge is 0.400 e. The van der Waals surface area contributed by atoms with Gasteiger partial charge in [0.15, 0.2) is 0 Å². The summed E-state index contributed by atoms with van der Waals surface area (Å²) < 4.78 is 11.9. The summed E-state index contributed by atoms with van der Waals surface area (Å²) in [6.45, 7) is 7.60. The molecule has 0 spiro atoms. The van der Waals surface area contributed by atoms with E-state index in [1.54, 1.807) is 18.2 Å². The third-order valence-corrected chi connectivity index (χ3v) is 5.13. The van der Waals surface area contributed by atoms with E-state index in [1.807, 2.05) is 27.7 Å².